The minimum Gasteiger partial charge on any atom is -0.296 e. The molecule has 0 saturated carbocycles. The highest BCUT2D eigenvalue weighted by molar-refractivity contribution is 6.22. The van der Waals surface area contributed by atoms with E-state index < -0.39 is 31.4 Å². The molecule has 0 atom stereocenters. The largest absolute Gasteiger partial charge is 0.296 e. The number of hydrogen-bond acceptors (Lipinski definition) is 1. The van der Waals surface area contributed by atoms with Gasteiger partial charge in [0.15, 0.2) is 0 Å². The molecule has 0 fully saturated rings. The molecule has 6 aromatic carbocycles. The minimum atomic E-state index is -3.01. The SMILES string of the molecule is [2H]c1c([2H])c([2H])c(-c2c3ccccc3c(-c3ccccc3-n3c(C([2H])([2H])C([2H])([2H])[2H])nc4ccccc43)c3ccccc23)c([2H])c1[2H]. The van der Waals surface area contributed by atoms with Gasteiger partial charge in [-0.3, -0.25) is 4.57 Å². The van der Waals surface area contributed by atoms with Crippen LogP contribution in [0.5, 0.6) is 0 Å². The summed E-state index contributed by atoms with van der Waals surface area (Å²) in [4.78, 5) is 4.52. The third-order valence-electron chi connectivity index (χ3n) is 6.77. The van der Waals surface area contributed by atoms with Gasteiger partial charge in [-0.1, -0.05) is 116 Å². The molecule has 0 bridgehead atoms. The molecule has 7 rings (SSSR count). The van der Waals surface area contributed by atoms with Crippen molar-refractivity contribution in [2.24, 2.45) is 0 Å². The maximum atomic E-state index is 8.81. The van der Waals surface area contributed by atoms with Crippen LogP contribution in [-0.2, 0) is 6.37 Å². The second-order valence-corrected chi connectivity index (χ2v) is 8.74. The molecule has 0 N–H and O–H groups in total. The Bertz CT molecular complexity index is 2310. The minimum absolute atomic E-state index is 0.0944. The van der Waals surface area contributed by atoms with Crippen LogP contribution in [0.3, 0.4) is 0 Å². The van der Waals surface area contributed by atoms with Crippen molar-refractivity contribution in [1.29, 1.82) is 0 Å². The number of hydrogen-bond donors (Lipinski definition) is 0. The Morgan fingerprint density at radius 1 is 0.703 bits per heavy atom. The monoisotopic (exact) mass is 484 g/mol. The van der Waals surface area contributed by atoms with Crippen molar-refractivity contribution >= 4 is 32.6 Å². The number of aryl methyl sites for hydroxylation is 1. The molecule has 0 radical (unpaired) electrons. The first-order chi connectivity index (χ1) is 22.3. The lowest BCUT2D eigenvalue weighted by Crippen LogP contribution is -2.03. The number of rotatable bonds is 4. The van der Waals surface area contributed by atoms with E-state index in [0.717, 1.165) is 16.3 Å². The van der Waals surface area contributed by atoms with Crippen LogP contribution >= 0.6 is 0 Å². The summed E-state index contributed by atoms with van der Waals surface area (Å²) in [6, 6.07) is 27.4. The second-order valence-electron chi connectivity index (χ2n) is 8.74. The van der Waals surface area contributed by atoms with E-state index in [-0.39, 0.29) is 23.5 Å². The third-order valence-corrected chi connectivity index (χ3v) is 6.77. The predicted octanol–water partition coefficient (Wildman–Crippen LogP) is 9.23. The number of benzene rings is 6. The normalized spacial score (nSPS) is 16.1. The molecule has 2 nitrogen and oxygen atoms in total. The predicted molar refractivity (Wildman–Crippen MR) is 156 cm³/mol. The molecule has 0 unspecified atom stereocenters. The van der Waals surface area contributed by atoms with Crippen molar-refractivity contribution in [1.82, 2.24) is 9.55 Å². The molecule has 176 valence electrons. The van der Waals surface area contributed by atoms with E-state index in [0.29, 0.717) is 38.6 Å². The standard InChI is InChI=1S/C35H26N2/c1-2-33-36-30-21-11-13-23-32(30)37(33)31-22-12-10-20-29(31)35-27-18-8-6-16-25(27)34(24-14-4-3-5-15-24)26-17-7-9-19-28(26)35/h3-23H,2H2,1H3/i1D3,2D2,3D,4D,5D,14D,15D. The van der Waals surface area contributed by atoms with Crippen LogP contribution in [0.15, 0.2) is 127 Å². The van der Waals surface area contributed by atoms with Crippen molar-refractivity contribution in [3.05, 3.63) is 133 Å². The summed E-state index contributed by atoms with van der Waals surface area (Å²) in [7, 11) is 0. The number of nitrogens with zero attached hydrogens (tertiary/aromatic N) is 2. The summed E-state index contributed by atoms with van der Waals surface area (Å²) in [5, 5.41) is 2.77. The molecule has 0 amide bonds. The van der Waals surface area contributed by atoms with E-state index in [1.807, 2.05) is 60.7 Å². The van der Waals surface area contributed by atoms with Crippen molar-refractivity contribution in [3.63, 3.8) is 0 Å². The van der Waals surface area contributed by atoms with Crippen molar-refractivity contribution in [3.8, 4) is 27.9 Å². The molecule has 0 aliphatic carbocycles. The van der Waals surface area contributed by atoms with Crippen molar-refractivity contribution in [2.75, 3.05) is 0 Å². The quantitative estimate of drug-likeness (QED) is 0.228. The van der Waals surface area contributed by atoms with E-state index in [2.05, 4.69) is 4.98 Å². The Morgan fingerprint density at radius 2 is 1.30 bits per heavy atom. The lowest BCUT2D eigenvalue weighted by atomic mass is 9.85. The molecule has 0 spiro atoms. The van der Waals surface area contributed by atoms with Gasteiger partial charge in [0, 0.05) is 18.8 Å². The van der Waals surface area contributed by atoms with Gasteiger partial charge in [-0.25, -0.2) is 4.98 Å². The van der Waals surface area contributed by atoms with E-state index in [4.69, 9.17) is 13.7 Å². The highest BCUT2D eigenvalue weighted by Crippen LogP contribution is 2.45. The molecular formula is C35H26N2. The number of fused-ring (bicyclic) bond motifs is 3. The number of para-hydroxylation sites is 3. The van der Waals surface area contributed by atoms with Crippen LogP contribution in [0, 0.1) is 0 Å². The van der Waals surface area contributed by atoms with Crippen LogP contribution < -0.4 is 0 Å². The molecule has 7 aromatic rings. The fraction of sp³-hybridized carbons (Fsp3) is 0.0571. The topological polar surface area (TPSA) is 17.8 Å². The van der Waals surface area contributed by atoms with Crippen molar-refractivity contribution < 1.29 is 13.7 Å². The first kappa shape index (κ1) is 13.6. The van der Waals surface area contributed by atoms with Crippen LogP contribution in [0.1, 0.15) is 26.4 Å². The molecule has 2 heteroatoms. The van der Waals surface area contributed by atoms with E-state index in [1.54, 1.807) is 41.0 Å². The van der Waals surface area contributed by atoms with Gasteiger partial charge in [-0.2, -0.15) is 0 Å². The summed E-state index contributed by atoms with van der Waals surface area (Å²) < 4.78 is 85.8. The highest BCUT2D eigenvalue weighted by Gasteiger charge is 2.20. The van der Waals surface area contributed by atoms with Gasteiger partial charge in [0.2, 0.25) is 0 Å². The average molecular weight is 485 g/mol. The van der Waals surface area contributed by atoms with Gasteiger partial charge in [0.05, 0.1) is 23.6 Å². The average Bonchev–Trinajstić information content (AvgIpc) is 3.46. The fourth-order valence-electron chi connectivity index (χ4n) is 5.30. The van der Waals surface area contributed by atoms with Crippen LogP contribution in [-0.4, -0.2) is 9.55 Å². The Kier molecular flexibility index (Phi) is 3.21. The van der Waals surface area contributed by atoms with Gasteiger partial charge in [-0.05, 0) is 56.4 Å². The van der Waals surface area contributed by atoms with Gasteiger partial charge in [-0.15, -0.1) is 0 Å². The second kappa shape index (κ2) is 8.76. The van der Waals surface area contributed by atoms with Gasteiger partial charge in [0.25, 0.3) is 0 Å². The Morgan fingerprint density at radius 3 is 2.00 bits per heavy atom. The molecule has 1 heterocycles. The molecule has 0 aliphatic heterocycles. The lowest BCUT2D eigenvalue weighted by Gasteiger charge is -2.20. The highest BCUT2D eigenvalue weighted by atomic mass is 15.1. The summed E-state index contributed by atoms with van der Waals surface area (Å²) in [6.45, 7) is -3.01. The van der Waals surface area contributed by atoms with E-state index in [9.17, 15) is 0 Å². The molecule has 0 aliphatic rings. The summed E-state index contributed by atoms with van der Waals surface area (Å²) >= 11 is 0. The first-order valence-electron chi connectivity index (χ1n) is 16.9. The number of imidazole rings is 1. The van der Waals surface area contributed by atoms with Crippen LogP contribution in [0.4, 0.5) is 0 Å². The molecule has 1 aromatic heterocycles. The number of aromatic nitrogens is 2. The molecular weight excluding hydrogens is 448 g/mol. The van der Waals surface area contributed by atoms with Crippen LogP contribution in [0.25, 0.3) is 60.5 Å². The third kappa shape index (κ3) is 3.37. The van der Waals surface area contributed by atoms with E-state index in [1.165, 1.54) is 0 Å². The smallest absolute Gasteiger partial charge is 0.114 e. The zero-order valence-corrected chi connectivity index (χ0v) is 19.6. The summed E-state index contributed by atoms with van der Waals surface area (Å²) in [6.07, 6.45) is -2.80. The Hall–Kier alpha value is -4.69. The maximum absolute atomic E-state index is 8.81. The van der Waals surface area contributed by atoms with Gasteiger partial charge >= 0.3 is 0 Å². The lowest BCUT2D eigenvalue weighted by molar-refractivity contribution is 0.909. The molecule has 0 saturated heterocycles. The van der Waals surface area contributed by atoms with Crippen molar-refractivity contribution in [2.45, 2.75) is 13.2 Å². The zero-order valence-electron chi connectivity index (χ0n) is 29.6. The summed E-state index contributed by atoms with van der Waals surface area (Å²) in [5.41, 5.74) is 3.50. The van der Waals surface area contributed by atoms with Crippen LogP contribution in [0.2, 0.25) is 0 Å². The Balaban J connectivity index is 1.64. The maximum Gasteiger partial charge on any atom is 0.114 e. The van der Waals surface area contributed by atoms with E-state index >= 15 is 0 Å². The summed E-state index contributed by atoms with van der Waals surface area (Å²) in [5.74, 6) is -0.254. The van der Waals surface area contributed by atoms with Gasteiger partial charge < -0.3 is 0 Å². The Labute approximate surface area is 230 Å². The molecule has 37 heavy (non-hydrogen) atoms. The zero-order chi connectivity index (χ0) is 33.4. The van der Waals surface area contributed by atoms with Gasteiger partial charge in [0.1, 0.15) is 5.82 Å². The fourth-order valence-corrected chi connectivity index (χ4v) is 5.30. The first-order valence-corrected chi connectivity index (χ1v) is 11.9.